The smallest absolute Gasteiger partial charge is 0.407 e. The summed E-state index contributed by atoms with van der Waals surface area (Å²) in [5.41, 5.74) is 6.63. The van der Waals surface area contributed by atoms with Gasteiger partial charge in [0.1, 0.15) is 17.5 Å². The minimum atomic E-state index is -1.32. The third-order valence-electron chi connectivity index (χ3n) is 5.05. The van der Waals surface area contributed by atoms with Crippen LogP contribution in [0.1, 0.15) is 55.5 Å². The van der Waals surface area contributed by atoms with E-state index in [2.05, 4.69) is 10.6 Å². The van der Waals surface area contributed by atoms with Crippen LogP contribution >= 0.6 is 0 Å². The highest BCUT2D eigenvalue weighted by molar-refractivity contribution is 5.97. The van der Waals surface area contributed by atoms with E-state index in [-0.39, 0.29) is 17.9 Å². The number of carbonyl (C=O) groups is 3. The van der Waals surface area contributed by atoms with Crippen LogP contribution in [-0.2, 0) is 9.53 Å². The van der Waals surface area contributed by atoms with Crippen molar-refractivity contribution in [3.63, 3.8) is 0 Å². The van der Waals surface area contributed by atoms with Crippen LogP contribution in [0.5, 0.6) is 0 Å². The number of hydrazine groups is 1. The van der Waals surface area contributed by atoms with Gasteiger partial charge in [-0.15, -0.1) is 0 Å². The summed E-state index contributed by atoms with van der Waals surface area (Å²) in [7, 11) is 0. The number of carboxylic acids is 1. The number of benzene rings is 2. The number of halogens is 1. The zero-order chi connectivity index (χ0) is 27.6. The average molecular weight is 516 g/mol. The Hall–Kier alpha value is -4.12. The second-order valence-electron chi connectivity index (χ2n) is 9.37. The maximum atomic E-state index is 12.4. The lowest BCUT2D eigenvalue weighted by atomic mass is 10.1. The van der Waals surface area contributed by atoms with E-state index in [0.717, 1.165) is 5.92 Å². The first-order chi connectivity index (χ1) is 17.4. The first-order valence-electron chi connectivity index (χ1n) is 11.7. The Bertz CT molecular complexity index is 1080. The van der Waals surface area contributed by atoms with Crippen molar-refractivity contribution < 1.29 is 28.6 Å². The molecule has 200 valence electrons. The number of nitrogens with zero attached hydrogens (tertiary/aromatic N) is 1. The zero-order valence-corrected chi connectivity index (χ0v) is 21.1. The number of nitrogens with two attached hydrogens (primary N) is 2. The highest BCUT2D eigenvalue weighted by Gasteiger charge is 2.24. The normalized spacial score (nSPS) is 13.6. The number of anilines is 1. The van der Waals surface area contributed by atoms with Crippen molar-refractivity contribution in [2.75, 3.05) is 11.6 Å². The lowest BCUT2D eigenvalue weighted by Gasteiger charge is -2.21. The maximum Gasteiger partial charge on any atom is 0.407 e. The second kappa shape index (κ2) is 13.3. The highest BCUT2D eigenvalue weighted by Crippen LogP contribution is 2.39. The molecule has 3 rings (SSSR count). The van der Waals surface area contributed by atoms with Crippen molar-refractivity contribution in [2.24, 2.45) is 11.6 Å². The van der Waals surface area contributed by atoms with E-state index in [1.165, 1.54) is 60.1 Å². The van der Waals surface area contributed by atoms with Crippen molar-refractivity contribution >= 4 is 23.7 Å². The van der Waals surface area contributed by atoms with Crippen LogP contribution in [0.25, 0.3) is 0 Å². The first kappa shape index (κ1) is 29.1. The second-order valence-corrected chi connectivity index (χ2v) is 9.37. The number of nitrogens with one attached hydrogen (secondary N) is 2. The SMILES string of the molecule is CC(C)(C)OC(=O)NCC(NC(=O)c1ccc(N(N)/C=C\N)cc1)C(=O)O.Fc1ccc(C2CC2)cc1. The molecule has 1 saturated carbocycles. The standard InChI is InChI=1S/C17H25N5O5.C9H9F/c1-17(2,3)27-16(26)20-10-13(15(24)25)21-14(23)11-4-6-12(7-5-11)22(19)9-8-18;10-9-5-3-8(4-6-9)7-1-2-7/h4-9,13H,10,18-19H2,1-3H3,(H,20,26)(H,21,23)(H,24,25);3-7H,1-2H2/b9-8-;. The van der Waals surface area contributed by atoms with Crippen LogP contribution < -0.4 is 27.2 Å². The number of hydrogen-bond acceptors (Lipinski definition) is 7. The summed E-state index contributed by atoms with van der Waals surface area (Å²) >= 11 is 0. The molecule has 0 saturated heterocycles. The van der Waals surface area contributed by atoms with Gasteiger partial charge < -0.3 is 26.2 Å². The van der Waals surface area contributed by atoms with Crippen molar-refractivity contribution in [1.82, 2.24) is 10.6 Å². The Morgan fingerprint density at radius 3 is 2.22 bits per heavy atom. The average Bonchev–Trinajstić information content (AvgIpc) is 3.67. The van der Waals surface area contributed by atoms with Gasteiger partial charge in [-0.05, 0) is 81.5 Å². The Kier molecular flexibility index (Phi) is 10.4. The summed E-state index contributed by atoms with van der Waals surface area (Å²) in [6, 6.07) is 11.6. The van der Waals surface area contributed by atoms with Gasteiger partial charge in [0.25, 0.3) is 5.91 Å². The molecular weight excluding hydrogens is 481 g/mol. The fourth-order valence-corrected chi connectivity index (χ4v) is 3.06. The topological polar surface area (TPSA) is 160 Å². The van der Waals surface area contributed by atoms with E-state index in [4.69, 9.17) is 16.3 Å². The summed E-state index contributed by atoms with van der Waals surface area (Å²) in [4.78, 5) is 35.2. The predicted octanol–water partition coefficient (Wildman–Crippen LogP) is 3.21. The monoisotopic (exact) mass is 515 g/mol. The minimum absolute atomic E-state index is 0.135. The van der Waals surface area contributed by atoms with Crippen LogP contribution in [0, 0.1) is 5.82 Å². The number of carboxylic acid groups (broad SMARTS) is 1. The third-order valence-corrected chi connectivity index (χ3v) is 5.05. The predicted molar refractivity (Wildman–Crippen MR) is 138 cm³/mol. The molecule has 0 aromatic heterocycles. The quantitative estimate of drug-likeness (QED) is 0.265. The molecular formula is C26H34FN5O5. The number of ether oxygens (including phenoxy) is 1. The third kappa shape index (κ3) is 10.6. The van der Waals surface area contributed by atoms with Crippen LogP contribution in [0.3, 0.4) is 0 Å². The van der Waals surface area contributed by atoms with Gasteiger partial charge in [0.2, 0.25) is 0 Å². The molecule has 2 aromatic carbocycles. The molecule has 1 atom stereocenters. The van der Waals surface area contributed by atoms with E-state index >= 15 is 0 Å². The van der Waals surface area contributed by atoms with E-state index in [9.17, 15) is 23.9 Å². The molecule has 1 unspecified atom stereocenters. The summed E-state index contributed by atoms with van der Waals surface area (Å²) in [6.45, 7) is 4.71. The molecule has 0 aliphatic heterocycles. The molecule has 1 fully saturated rings. The van der Waals surface area contributed by atoms with E-state index in [0.29, 0.717) is 5.69 Å². The van der Waals surface area contributed by atoms with E-state index in [1.54, 1.807) is 32.9 Å². The number of carbonyl (C=O) groups excluding carboxylic acids is 2. The van der Waals surface area contributed by atoms with Crippen molar-refractivity contribution in [3.05, 3.63) is 77.9 Å². The largest absolute Gasteiger partial charge is 0.480 e. The van der Waals surface area contributed by atoms with Gasteiger partial charge in [-0.25, -0.2) is 19.8 Å². The van der Waals surface area contributed by atoms with Crippen molar-refractivity contribution in [3.8, 4) is 0 Å². The van der Waals surface area contributed by atoms with Crippen LogP contribution in [0.2, 0.25) is 0 Å². The molecule has 1 aliphatic carbocycles. The minimum Gasteiger partial charge on any atom is -0.480 e. The highest BCUT2D eigenvalue weighted by atomic mass is 19.1. The summed E-state index contributed by atoms with van der Waals surface area (Å²) in [6.07, 6.45) is 4.48. The summed E-state index contributed by atoms with van der Waals surface area (Å²) in [5.74, 6) is 4.39. The molecule has 11 heteroatoms. The number of rotatable bonds is 8. The first-order valence-corrected chi connectivity index (χ1v) is 11.7. The zero-order valence-electron chi connectivity index (χ0n) is 21.1. The molecule has 37 heavy (non-hydrogen) atoms. The molecule has 2 amide bonds. The van der Waals surface area contributed by atoms with Crippen LogP contribution in [-0.4, -0.2) is 41.3 Å². The molecule has 2 aromatic rings. The van der Waals surface area contributed by atoms with Gasteiger partial charge in [-0.3, -0.25) is 9.80 Å². The molecule has 7 N–H and O–H groups in total. The van der Waals surface area contributed by atoms with Crippen LogP contribution in [0.15, 0.2) is 60.9 Å². The maximum absolute atomic E-state index is 12.4. The Morgan fingerprint density at radius 1 is 1.14 bits per heavy atom. The fourth-order valence-electron chi connectivity index (χ4n) is 3.06. The lowest BCUT2D eigenvalue weighted by Crippen LogP contribution is -2.49. The lowest BCUT2D eigenvalue weighted by molar-refractivity contribution is -0.139. The van der Waals surface area contributed by atoms with E-state index < -0.39 is 29.6 Å². The van der Waals surface area contributed by atoms with Crippen molar-refractivity contribution in [1.29, 1.82) is 0 Å². The molecule has 1 aliphatic rings. The molecule has 0 bridgehead atoms. The van der Waals surface area contributed by atoms with Gasteiger partial charge in [0, 0.05) is 18.0 Å². The fraction of sp³-hybridized carbons (Fsp3) is 0.346. The van der Waals surface area contributed by atoms with Gasteiger partial charge in [-0.2, -0.15) is 0 Å². The number of amides is 2. The van der Waals surface area contributed by atoms with Gasteiger partial charge in [0.15, 0.2) is 0 Å². The summed E-state index contributed by atoms with van der Waals surface area (Å²) < 4.78 is 17.4. The Balaban J connectivity index is 0.000000394. The molecule has 10 nitrogen and oxygen atoms in total. The van der Waals surface area contributed by atoms with Gasteiger partial charge >= 0.3 is 12.1 Å². The molecule has 0 spiro atoms. The molecule has 0 radical (unpaired) electrons. The van der Waals surface area contributed by atoms with Crippen LogP contribution in [0.4, 0.5) is 14.9 Å². The molecule has 0 heterocycles. The Morgan fingerprint density at radius 2 is 1.73 bits per heavy atom. The van der Waals surface area contributed by atoms with E-state index in [1.807, 2.05) is 12.1 Å². The van der Waals surface area contributed by atoms with Gasteiger partial charge in [0.05, 0.1) is 12.2 Å². The number of alkyl carbamates (subject to hydrolysis) is 1. The number of hydrogen-bond donors (Lipinski definition) is 5. The summed E-state index contributed by atoms with van der Waals surface area (Å²) in [5, 5.41) is 15.2. The van der Waals surface area contributed by atoms with Crippen molar-refractivity contribution in [2.45, 2.75) is 51.2 Å². The Labute approximate surface area is 215 Å². The van der Waals surface area contributed by atoms with Gasteiger partial charge in [-0.1, -0.05) is 12.1 Å². The number of aliphatic carboxylic acids is 1.